The Morgan fingerprint density at radius 3 is 3.05 bits per heavy atom. The zero-order chi connectivity index (χ0) is 13.3. The fourth-order valence-electron chi connectivity index (χ4n) is 3.25. The van der Waals surface area contributed by atoms with E-state index in [2.05, 4.69) is 5.32 Å². The minimum atomic E-state index is -0.0668. The van der Waals surface area contributed by atoms with Gasteiger partial charge in [0, 0.05) is 23.4 Å². The van der Waals surface area contributed by atoms with Crippen LogP contribution in [0.15, 0.2) is 12.1 Å². The summed E-state index contributed by atoms with van der Waals surface area (Å²) in [6, 6.07) is 4.00. The topological polar surface area (TPSA) is 41.5 Å². The predicted molar refractivity (Wildman–Crippen MR) is 76.0 cm³/mol. The third kappa shape index (κ3) is 2.60. The summed E-state index contributed by atoms with van der Waals surface area (Å²) in [6.07, 6.45) is 3.94. The molecule has 0 bridgehead atoms. The van der Waals surface area contributed by atoms with Crippen LogP contribution in [0.2, 0.25) is 5.02 Å². The van der Waals surface area contributed by atoms with Crippen LogP contribution >= 0.6 is 11.6 Å². The van der Waals surface area contributed by atoms with Crippen molar-refractivity contribution in [3.63, 3.8) is 0 Å². The van der Waals surface area contributed by atoms with E-state index >= 15 is 0 Å². The second kappa shape index (κ2) is 5.31. The number of halogens is 1. The molecule has 4 heteroatoms. The van der Waals surface area contributed by atoms with Gasteiger partial charge >= 0.3 is 0 Å². The van der Waals surface area contributed by atoms with E-state index in [9.17, 15) is 5.11 Å². The van der Waals surface area contributed by atoms with Gasteiger partial charge < -0.3 is 15.2 Å². The van der Waals surface area contributed by atoms with Gasteiger partial charge in [-0.25, -0.2) is 0 Å². The molecule has 1 fully saturated rings. The van der Waals surface area contributed by atoms with E-state index in [-0.39, 0.29) is 12.0 Å². The van der Waals surface area contributed by atoms with E-state index in [1.807, 2.05) is 12.1 Å². The first-order valence-electron chi connectivity index (χ1n) is 6.98. The number of piperidine rings is 1. The molecule has 2 N–H and O–H groups in total. The van der Waals surface area contributed by atoms with E-state index in [4.69, 9.17) is 16.3 Å². The summed E-state index contributed by atoms with van der Waals surface area (Å²) >= 11 is 6.20. The second-order valence-electron chi connectivity index (χ2n) is 5.77. The Morgan fingerprint density at radius 1 is 1.42 bits per heavy atom. The molecule has 2 aliphatic rings. The molecule has 1 saturated heterocycles. The zero-order valence-corrected chi connectivity index (χ0v) is 11.8. The molecular weight excluding hydrogens is 262 g/mol. The number of aliphatic hydroxyl groups is 1. The molecular formula is C15H20ClNO2. The molecule has 0 aromatic heterocycles. The monoisotopic (exact) mass is 281 g/mol. The van der Waals surface area contributed by atoms with Gasteiger partial charge in [0.15, 0.2) is 0 Å². The lowest BCUT2D eigenvalue weighted by atomic mass is 9.76. The second-order valence-corrected chi connectivity index (χ2v) is 6.20. The highest BCUT2D eigenvalue weighted by Crippen LogP contribution is 2.38. The quantitative estimate of drug-likeness (QED) is 0.892. The molecule has 104 valence electrons. The van der Waals surface area contributed by atoms with Gasteiger partial charge in [0.25, 0.3) is 0 Å². The Balaban J connectivity index is 1.90. The van der Waals surface area contributed by atoms with Crippen LogP contribution in [-0.4, -0.2) is 31.4 Å². The SMILES string of the molecule is OCC1(Cc2cc(Cl)cc3c2OCC3)CCCNC1. The molecule has 2 aliphatic heterocycles. The van der Waals surface area contributed by atoms with Crippen LogP contribution in [0.3, 0.4) is 0 Å². The van der Waals surface area contributed by atoms with E-state index in [0.29, 0.717) is 0 Å². The van der Waals surface area contributed by atoms with Crippen molar-refractivity contribution >= 4 is 11.6 Å². The lowest BCUT2D eigenvalue weighted by Gasteiger charge is -2.36. The molecule has 0 amide bonds. The number of benzene rings is 1. The Bertz CT molecular complexity index is 469. The third-order valence-corrected chi connectivity index (χ3v) is 4.51. The fourth-order valence-corrected chi connectivity index (χ4v) is 3.52. The summed E-state index contributed by atoms with van der Waals surface area (Å²) in [5.74, 6) is 1.00. The highest BCUT2D eigenvalue weighted by Gasteiger charge is 2.33. The number of aliphatic hydroxyl groups excluding tert-OH is 1. The zero-order valence-electron chi connectivity index (χ0n) is 11.0. The standard InChI is InChI=1S/C15H20ClNO2/c16-13-6-11-2-5-19-14(11)12(7-13)8-15(10-18)3-1-4-17-9-15/h6-7,17-18H,1-5,8-10H2. The summed E-state index contributed by atoms with van der Waals surface area (Å²) < 4.78 is 5.75. The van der Waals surface area contributed by atoms with Gasteiger partial charge in [-0.15, -0.1) is 0 Å². The number of hydrogen-bond acceptors (Lipinski definition) is 3. The summed E-state index contributed by atoms with van der Waals surface area (Å²) in [4.78, 5) is 0. The first-order valence-corrected chi connectivity index (χ1v) is 7.36. The molecule has 0 aliphatic carbocycles. The van der Waals surface area contributed by atoms with Crippen molar-refractivity contribution < 1.29 is 9.84 Å². The van der Waals surface area contributed by atoms with Crippen molar-refractivity contribution in [1.82, 2.24) is 5.32 Å². The van der Waals surface area contributed by atoms with E-state index in [0.717, 1.165) is 61.7 Å². The molecule has 1 atom stereocenters. The lowest BCUT2D eigenvalue weighted by molar-refractivity contribution is 0.0941. The first-order chi connectivity index (χ1) is 9.22. The maximum absolute atomic E-state index is 9.81. The van der Waals surface area contributed by atoms with Crippen molar-refractivity contribution in [2.45, 2.75) is 25.7 Å². The summed E-state index contributed by atoms with van der Waals surface area (Å²) in [7, 11) is 0. The van der Waals surface area contributed by atoms with Crippen LogP contribution in [0, 0.1) is 5.41 Å². The Hall–Kier alpha value is -0.770. The van der Waals surface area contributed by atoms with Crippen molar-refractivity contribution in [3.05, 3.63) is 28.3 Å². The molecule has 19 heavy (non-hydrogen) atoms. The van der Waals surface area contributed by atoms with Crippen LogP contribution in [0.25, 0.3) is 0 Å². The normalized spacial score (nSPS) is 26.0. The van der Waals surface area contributed by atoms with Gasteiger partial charge in [-0.2, -0.15) is 0 Å². The lowest BCUT2D eigenvalue weighted by Crippen LogP contribution is -2.44. The van der Waals surface area contributed by atoms with Gasteiger partial charge in [-0.3, -0.25) is 0 Å². The first kappa shape index (κ1) is 13.2. The number of ether oxygens (including phenoxy) is 1. The fraction of sp³-hybridized carbons (Fsp3) is 0.600. The Labute approximate surface area is 118 Å². The highest BCUT2D eigenvalue weighted by atomic mass is 35.5. The van der Waals surface area contributed by atoms with E-state index in [1.165, 1.54) is 5.56 Å². The molecule has 1 aromatic rings. The van der Waals surface area contributed by atoms with Crippen LogP contribution in [0.4, 0.5) is 0 Å². The Morgan fingerprint density at radius 2 is 2.32 bits per heavy atom. The Kier molecular flexibility index (Phi) is 3.70. The largest absolute Gasteiger partial charge is 0.493 e. The van der Waals surface area contributed by atoms with Crippen molar-refractivity contribution in [1.29, 1.82) is 0 Å². The van der Waals surface area contributed by atoms with Crippen LogP contribution in [0.1, 0.15) is 24.0 Å². The van der Waals surface area contributed by atoms with Gasteiger partial charge in [-0.05, 0) is 49.1 Å². The van der Waals surface area contributed by atoms with Crippen LogP contribution in [-0.2, 0) is 12.8 Å². The average Bonchev–Trinajstić information content (AvgIpc) is 2.88. The van der Waals surface area contributed by atoms with Crippen LogP contribution in [0.5, 0.6) is 5.75 Å². The van der Waals surface area contributed by atoms with Gasteiger partial charge in [0.1, 0.15) is 5.75 Å². The van der Waals surface area contributed by atoms with Crippen molar-refractivity contribution in [3.8, 4) is 5.75 Å². The van der Waals surface area contributed by atoms with Crippen molar-refractivity contribution in [2.75, 3.05) is 26.3 Å². The van der Waals surface area contributed by atoms with Crippen molar-refractivity contribution in [2.24, 2.45) is 5.41 Å². The molecule has 0 saturated carbocycles. The molecule has 2 heterocycles. The molecule has 0 radical (unpaired) electrons. The number of nitrogens with one attached hydrogen (secondary N) is 1. The molecule has 1 aromatic carbocycles. The maximum Gasteiger partial charge on any atom is 0.125 e. The number of hydrogen-bond donors (Lipinski definition) is 2. The number of rotatable bonds is 3. The third-order valence-electron chi connectivity index (χ3n) is 4.29. The number of fused-ring (bicyclic) bond motifs is 1. The minimum Gasteiger partial charge on any atom is -0.493 e. The molecule has 0 spiro atoms. The summed E-state index contributed by atoms with van der Waals surface area (Å²) in [6.45, 7) is 2.87. The van der Waals surface area contributed by atoms with Crippen LogP contribution < -0.4 is 10.1 Å². The van der Waals surface area contributed by atoms with Gasteiger partial charge in [0.05, 0.1) is 13.2 Å². The smallest absolute Gasteiger partial charge is 0.125 e. The molecule has 1 unspecified atom stereocenters. The predicted octanol–water partition coefficient (Wildman–Crippen LogP) is 2.18. The van der Waals surface area contributed by atoms with E-state index < -0.39 is 0 Å². The van der Waals surface area contributed by atoms with E-state index in [1.54, 1.807) is 0 Å². The minimum absolute atomic E-state index is 0.0668. The summed E-state index contributed by atoms with van der Waals surface area (Å²) in [5, 5.41) is 14.0. The highest BCUT2D eigenvalue weighted by molar-refractivity contribution is 6.30. The van der Waals surface area contributed by atoms with Gasteiger partial charge in [0.2, 0.25) is 0 Å². The van der Waals surface area contributed by atoms with Gasteiger partial charge in [-0.1, -0.05) is 11.6 Å². The molecule has 3 nitrogen and oxygen atoms in total. The molecule has 3 rings (SSSR count). The average molecular weight is 282 g/mol. The summed E-state index contributed by atoms with van der Waals surface area (Å²) in [5.41, 5.74) is 2.29. The maximum atomic E-state index is 9.81.